The summed E-state index contributed by atoms with van der Waals surface area (Å²) in [5.74, 6) is 0.762. The minimum absolute atomic E-state index is 0.0118. The highest BCUT2D eigenvalue weighted by molar-refractivity contribution is 7.87. The molecule has 0 radical (unpaired) electrons. The lowest BCUT2D eigenvalue weighted by Gasteiger charge is -2.27. The average Bonchev–Trinajstić information content (AvgIpc) is 3.43. The zero-order valence-electron chi connectivity index (χ0n) is 43.9. The van der Waals surface area contributed by atoms with E-state index in [0.29, 0.717) is 76.4 Å². The van der Waals surface area contributed by atoms with Crippen LogP contribution in [0.3, 0.4) is 0 Å². The van der Waals surface area contributed by atoms with Gasteiger partial charge in [0.05, 0.1) is 33.3 Å². The molecule has 0 aromatic heterocycles. The first-order valence-electron chi connectivity index (χ1n) is 24.7. The number of carbonyl (C=O) groups is 1. The molecule has 0 saturated heterocycles. The molecule has 7 rings (SSSR count). The Kier molecular flexibility index (Phi) is 17.6. The number of rotatable bonds is 22. The molecule has 0 fully saturated rings. The molecule has 5 aromatic carbocycles. The first kappa shape index (κ1) is 62.4. The van der Waals surface area contributed by atoms with Crippen LogP contribution < -0.4 is 10.2 Å². The molecule has 2 aliphatic rings. The van der Waals surface area contributed by atoms with Crippen molar-refractivity contribution in [3.8, 4) is 12.3 Å². The Morgan fingerprint density at radius 3 is 1.78 bits per heavy atom. The summed E-state index contributed by atoms with van der Waals surface area (Å²) < 4.78 is 212. The number of unbranched alkanes of at least 4 members (excludes halogenated alkanes) is 1. The Morgan fingerprint density at radius 2 is 1.22 bits per heavy atom. The number of carbonyl (C=O) groups excluding carboxylic acids is 1. The van der Waals surface area contributed by atoms with Gasteiger partial charge in [-0.2, -0.15) is 55.1 Å². The molecule has 5 aromatic rings. The number of amides is 1. The quantitative estimate of drug-likeness (QED) is 0.0125. The van der Waals surface area contributed by atoms with E-state index in [1.54, 1.807) is 73.6 Å². The summed E-state index contributed by atoms with van der Waals surface area (Å²) in [6.45, 7) is 6.75. The second kappa shape index (κ2) is 22.9. The van der Waals surface area contributed by atoms with Gasteiger partial charge < -0.3 is 10.2 Å². The SMILES string of the molecule is C#CCNC(=O)CCCCc1cccc(C(=C\C=C2/N(CCCS(=O)(=O)O)c3ccc4c(S(=O)(=O)O)cc(S(=O)(=O)O)cc4c3C2(C)C)/C=C/C2=[N+](CCCS(=O)(=O)O)c3ccc4c(S(=O)(=O)O)cc(S(=O)(=O)O)cc4c3C2(C)C)c1. The predicted molar refractivity (Wildman–Crippen MR) is 303 cm³/mol. The van der Waals surface area contributed by atoms with Gasteiger partial charge >= 0.3 is 0 Å². The summed E-state index contributed by atoms with van der Waals surface area (Å²) in [6.07, 6.45) is 13.5. The molecule has 81 heavy (non-hydrogen) atoms. The molecule has 434 valence electrons. The second-order valence-electron chi connectivity index (χ2n) is 20.5. The summed E-state index contributed by atoms with van der Waals surface area (Å²) in [7, 11) is -29.4. The van der Waals surface area contributed by atoms with E-state index in [9.17, 15) is 82.6 Å². The highest BCUT2D eigenvalue weighted by Crippen LogP contribution is 2.52. The van der Waals surface area contributed by atoms with Crippen molar-refractivity contribution in [2.24, 2.45) is 0 Å². The number of benzene rings is 5. The highest BCUT2D eigenvalue weighted by Gasteiger charge is 2.47. The van der Waals surface area contributed by atoms with Crippen LogP contribution in [-0.2, 0) is 82.8 Å². The van der Waals surface area contributed by atoms with Gasteiger partial charge in [-0.3, -0.25) is 32.1 Å². The van der Waals surface area contributed by atoms with Crippen LogP contribution in [0.2, 0.25) is 0 Å². The van der Waals surface area contributed by atoms with Crippen molar-refractivity contribution in [2.45, 2.75) is 96.6 Å². The number of hydrogen-bond donors (Lipinski definition) is 7. The molecule has 0 atom stereocenters. The Morgan fingerprint density at radius 1 is 0.654 bits per heavy atom. The second-order valence-corrected chi connectivity index (χ2v) is 29.2. The minimum atomic E-state index is -5.13. The number of anilines is 1. The topological polar surface area (TPSA) is 362 Å². The van der Waals surface area contributed by atoms with Gasteiger partial charge in [0.2, 0.25) is 11.6 Å². The van der Waals surface area contributed by atoms with Crippen molar-refractivity contribution in [1.29, 1.82) is 0 Å². The average molecular weight is 1230 g/mol. The van der Waals surface area contributed by atoms with Gasteiger partial charge in [-0.15, -0.1) is 6.42 Å². The van der Waals surface area contributed by atoms with Crippen molar-refractivity contribution in [1.82, 2.24) is 5.32 Å². The van der Waals surface area contributed by atoms with Gasteiger partial charge in [0.25, 0.3) is 60.7 Å². The smallest absolute Gasteiger partial charge is 0.295 e. The molecule has 2 aliphatic heterocycles. The van der Waals surface area contributed by atoms with Crippen molar-refractivity contribution < 1.29 is 87.2 Å². The number of allylic oxidation sites excluding steroid dienone is 6. The van der Waals surface area contributed by atoms with E-state index in [0.717, 1.165) is 17.7 Å². The number of nitrogens with one attached hydrogen (secondary N) is 1. The third-order valence-electron chi connectivity index (χ3n) is 14.1. The van der Waals surface area contributed by atoms with Gasteiger partial charge in [0, 0.05) is 64.7 Å². The number of hydrogen-bond acceptors (Lipinski definition) is 14. The van der Waals surface area contributed by atoms with E-state index in [2.05, 4.69) is 11.2 Å². The van der Waals surface area contributed by atoms with E-state index >= 15 is 0 Å². The molecule has 0 unspecified atom stereocenters. The van der Waals surface area contributed by atoms with Crippen LogP contribution in [0.15, 0.2) is 122 Å². The Labute approximate surface area is 470 Å². The van der Waals surface area contributed by atoms with Gasteiger partial charge in [-0.05, 0) is 121 Å². The zero-order valence-corrected chi connectivity index (χ0v) is 48.8. The van der Waals surface area contributed by atoms with Crippen LogP contribution in [0.5, 0.6) is 0 Å². The van der Waals surface area contributed by atoms with Crippen molar-refractivity contribution in [3.05, 3.63) is 125 Å². The molecule has 28 heteroatoms. The first-order chi connectivity index (χ1) is 37.3. The molecule has 0 bridgehead atoms. The summed E-state index contributed by atoms with van der Waals surface area (Å²) >= 11 is 0. The van der Waals surface area contributed by atoms with E-state index in [1.807, 2.05) is 12.1 Å². The molecular formula is C53H58N3O19S6+. The molecule has 0 aliphatic carbocycles. The van der Waals surface area contributed by atoms with Gasteiger partial charge in [0.1, 0.15) is 16.3 Å². The maximum absolute atomic E-state index is 12.8. The van der Waals surface area contributed by atoms with Crippen molar-refractivity contribution in [2.75, 3.05) is 36.0 Å². The first-order valence-corrected chi connectivity index (χ1v) is 33.7. The predicted octanol–water partition coefficient (Wildman–Crippen LogP) is 6.70. The number of terminal acetylenes is 1. The van der Waals surface area contributed by atoms with E-state index in [1.165, 1.54) is 24.3 Å². The fourth-order valence-electron chi connectivity index (χ4n) is 10.6. The summed E-state index contributed by atoms with van der Waals surface area (Å²) in [5, 5.41) is 2.37. The third kappa shape index (κ3) is 14.0. The summed E-state index contributed by atoms with van der Waals surface area (Å²) in [6, 6.07) is 16.3. The molecule has 2 heterocycles. The summed E-state index contributed by atoms with van der Waals surface area (Å²) in [4.78, 5) is 10.6. The molecule has 0 spiro atoms. The minimum Gasteiger partial charge on any atom is -0.345 e. The lowest BCUT2D eigenvalue weighted by Crippen LogP contribution is -2.28. The van der Waals surface area contributed by atoms with Crippen LogP contribution in [-0.4, -0.2) is 125 Å². The number of nitrogens with zero attached hydrogens (tertiary/aromatic N) is 2. The van der Waals surface area contributed by atoms with E-state index in [4.69, 9.17) is 6.42 Å². The van der Waals surface area contributed by atoms with Crippen molar-refractivity contribution >= 4 is 111 Å². The molecular weight excluding hydrogens is 1170 g/mol. The van der Waals surface area contributed by atoms with Crippen LogP contribution in [0.1, 0.15) is 82.1 Å². The van der Waals surface area contributed by atoms with Crippen molar-refractivity contribution in [3.63, 3.8) is 0 Å². The monoisotopic (exact) mass is 1230 g/mol. The lowest BCUT2D eigenvalue weighted by atomic mass is 9.78. The van der Waals surface area contributed by atoms with Gasteiger partial charge in [0.15, 0.2) is 5.71 Å². The lowest BCUT2D eigenvalue weighted by molar-refractivity contribution is -0.437. The van der Waals surface area contributed by atoms with E-state index in [-0.39, 0.29) is 66.3 Å². The third-order valence-corrected chi connectivity index (χ3v) is 19.2. The molecule has 1 amide bonds. The number of aryl methyl sites for hydroxylation is 1. The Hall–Kier alpha value is -6.20. The van der Waals surface area contributed by atoms with Crippen LogP contribution >= 0.6 is 0 Å². The number of fused-ring (bicyclic) bond motifs is 6. The van der Waals surface area contributed by atoms with Crippen LogP contribution in [0.4, 0.5) is 11.4 Å². The largest absolute Gasteiger partial charge is 0.345 e. The maximum atomic E-state index is 12.8. The Balaban J connectivity index is 1.48. The standard InChI is InChI=1S/C53H57N3O19S6/c1-6-24-54-49(57)15-8-7-12-34-13-9-14-36(29-34)35(16-22-47-52(2,3)50-41-30-37(78(64,65)66)32-45(80(70,71)72)39(41)18-20-43(50)55(47)25-10-27-76(58,59)60)17-23-48-53(4,5)51-42-31-38(79(67,68)69)33-46(81(73,74)75)40(42)19-21-44(51)56(48)26-11-28-77(61,62)63/h1,9,13-14,16-23,29-33H,7-8,10-12,15,24-28H2,2-5H3,(H6-,54,57,58,59,60,61,62,63,64,65,66,67,68,69,70,71,72,73,74,75)/p+1. The normalized spacial score (nSPS) is 16.4. The van der Waals surface area contributed by atoms with Crippen LogP contribution in [0, 0.1) is 12.3 Å². The Bertz CT molecular complexity index is 4330. The highest BCUT2D eigenvalue weighted by atomic mass is 32.2. The van der Waals surface area contributed by atoms with E-state index < -0.39 is 103 Å². The molecule has 7 N–H and O–H groups in total. The molecule has 22 nitrogen and oxygen atoms in total. The fraction of sp³-hybridized carbons (Fsp3) is 0.321. The van der Waals surface area contributed by atoms with Gasteiger partial charge in [-0.25, -0.2) is 0 Å². The maximum Gasteiger partial charge on any atom is 0.295 e. The molecule has 0 saturated carbocycles. The fourth-order valence-corrected chi connectivity index (χ4v) is 14.3. The van der Waals surface area contributed by atoms with Crippen LogP contribution in [0.25, 0.3) is 27.1 Å². The van der Waals surface area contributed by atoms with Gasteiger partial charge in [-0.1, -0.05) is 56.2 Å². The summed E-state index contributed by atoms with van der Waals surface area (Å²) in [5.41, 5.74) is 1.50. The zero-order chi connectivity index (χ0) is 60.1.